The summed E-state index contributed by atoms with van der Waals surface area (Å²) in [4.78, 5) is 11.0. The van der Waals surface area contributed by atoms with Crippen LogP contribution >= 0.6 is 0 Å². The molecular formula is C13H13F2N3O2. The lowest BCUT2D eigenvalue weighted by atomic mass is 10.1. The van der Waals surface area contributed by atoms with E-state index in [1.807, 2.05) is 0 Å². The largest absolute Gasteiger partial charge is 0.476 e. The van der Waals surface area contributed by atoms with Gasteiger partial charge in [-0.15, -0.1) is 0 Å². The molecule has 0 spiro atoms. The van der Waals surface area contributed by atoms with E-state index in [9.17, 15) is 13.6 Å². The summed E-state index contributed by atoms with van der Waals surface area (Å²) in [6.07, 6.45) is 1.46. The number of halogens is 2. The van der Waals surface area contributed by atoms with E-state index in [1.54, 1.807) is 6.92 Å². The number of benzene rings is 1. The van der Waals surface area contributed by atoms with E-state index >= 15 is 0 Å². The van der Waals surface area contributed by atoms with Crippen molar-refractivity contribution in [2.75, 3.05) is 0 Å². The van der Waals surface area contributed by atoms with Crippen LogP contribution in [0.15, 0.2) is 24.4 Å². The Morgan fingerprint density at radius 1 is 1.50 bits per heavy atom. The molecule has 0 radical (unpaired) electrons. The van der Waals surface area contributed by atoms with Crippen molar-refractivity contribution in [3.8, 4) is 0 Å². The molecule has 5 nitrogen and oxygen atoms in total. The van der Waals surface area contributed by atoms with Crippen molar-refractivity contribution in [2.24, 2.45) is 5.73 Å². The minimum absolute atomic E-state index is 0.000880. The molecule has 0 fully saturated rings. The normalized spacial score (nSPS) is 12.4. The quantitative estimate of drug-likeness (QED) is 0.897. The number of carboxylic acids is 1. The summed E-state index contributed by atoms with van der Waals surface area (Å²) in [5.74, 6) is -2.58. The van der Waals surface area contributed by atoms with Crippen LogP contribution in [-0.2, 0) is 6.54 Å². The van der Waals surface area contributed by atoms with Crippen molar-refractivity contribution in [2.45, 2.75) is 19.5 Å². The second-order valence-electron chi connectivity index (χ2n) is 4.46. The monoisotopic (exact) mass is 281 g/mol. The number of hydrogen-bond acceptors (Lipinski definition) is 3. The molecule has 1 aromatic carbocycles. The van der Waals surface area contributed by atoms with Crippen LogP contribution in [0.25, 0.3) is 0 Å². The fraction of sp³-hybridized carbons (Fsp3) is 0.231. The molecule has 1 unspecified atom stereocenters. The number of carboxylic acid groups (broad SMARTS) is 1. The lowest BCUT2D eigenvalue weighted by Gasteiger charge is -2.03. The Morgan fingerprint density at radius 2 is 2.20 bits per heavy atom. The van der Waals surface area contributed by atoms with Crippen LogP contribution in [0.3, 0.4) is 0 Å². The Kier molecular flexibility index (Phi) is 3.80. The molecule has 0 bridgehead atoms. The van der Waals surface area contributed by atoms with Crippen LogP contribution in [0.2, 0.25) is 0 Å². The van der Waals surface area contributed by atoms with Gasteiger partial charge in [-0.2, -0.15) is 5.10 Å². The Morgan fingerprint density at radius 3 is 2.70 bits per heavy atom. The van der Waals surface area contributed by atoms with Crippen molar-refractivity contribution in [3.05, 3.63) is 52.9 Å². The number of aromatic nitrogens is 2. The zero-order chi connectivity index (χ0) is 14.9. The molecule has 0 aliphatic carbocycles. The molecule has 2 aromatic rings. The molecule has 0 amide bonds. The number of rotatable bonds is 4. The Hall–Kier alpha value is -2.28. The molecule has 3 N–H and O–H groups in total. The SMILES string of the molecule is CC(N)c1cn(Cc2ccc(F)cc2F)nc1C(=O)O. The minimum atomic E-state index is -1.20. The van der Waals surface area contributed by atoms with E-state index in [0.717, 1.165) is 12.1 Å². The lowest BCUT2D eigenvalue weighted by molar-refractivity contribution is 0.0688. The minimum Gasteiger partial charge on any atom is -0.476 e. The van der Waals surface area contributed by atoms with Crippen LogP contribution in [-0.4, -0.2) is 20.9 Å². The first kappa shape index (κ1) is 14.1. The van der Waals surface area contributed by atoms with Crippen LogP contribution in [0, 0.1) is 11.6 Å². The zero-order valence-corrected chi connectivity index (χ0v) is 10.7. The van der Waals surface area contributed by atoms with E-state index in [-0.39, 0.29) is 17.8 Å². The molecule has 0 saturated carbocycles. The number of carbonyl (C=O) groups is 1. The van der Waals surface area contributed by atoms with Gasteiger partial charge in [0.1, 0.15) is 11.6 Å². The molecule has 7 heteroatoms. The summed E-state index contributed by atoms with van der Waals surface area (Å²) < 4.78 is 27.6. The lowest BCUT2D eigenvalue weighted by Crippen LogP contribution is -2.10. The number of aromatic carboxylic acids is 1. The maximum Gasteiger partial charge on any atom is 0.356 e. The van der Waals surface area contributed by atoms with E-state index < -0.39 is 23.6 Å². The number of nitrogens with two attached hydrogens (primary N) is 1. The van der Waals surface area contributed by atoms with Crippen molar-refractivity contribution >= 4 is 5.97 Å². The first-order valence-corrected chi connectivity index (χ1v) is 5.88. The molecule has 106 valence electrons. The van der Waals surface area contributed by atoms with Gasteiger partial charge in [0.2, 0.25) is 0 Å². The van der Waals surface area contributed by atoms with Gasteiger partial charge in [0.05, 0.1) is 6.54 Å². The van der Waals surface area contributed by atoms with Crippen molar-refractivity contribution in [1.29, 1.82) is 0 Å². The highest BCUT2D eigenvalue weighted by atomic mass is 19.1. The first-order valence-electron chi connectivity index (χ1n) is 5.88. The number of nitrogens with zero attached hydrogens (tertiary/aromatic N) is 2. The van der Waals surface area contributed by atoms with Crippen molar-refractivity contribution < 1.29 is 18.7 Å². The number of hydrogen-bond donors (Lipinski definition) is 2. The van der Waals surface area contributed by atoms with Gasteiger partial charge >= 0.3 is 5.97 Å². The third-order valence-electron chi connectivity index (χ3n) is 2.83. The summed E-state index contributed by atoms with van der Waals surface area (Å²) in [5, 5.41) is 12.9. The maximum absolute atomic E-state index is 13.5. The third kappa shape index (κ3) is 2.83. The summed E-state index contributed by atoms with van der Waals surface area (Å²) in [5.41, 5.74) is 6.08. The second kappa shape index (κ2) is 5.38. The molecule has 1 aromatic heterocycles. The van der Waals surface area contributed by atoms with Gasteiger partial charge in [-0.25, -0.2) is 13.6 Å². The molecule has 2 rings (SSSR count). The summed E-state index contributed by atoms with van der Waals surface area (Å²) >= 11 is 0. The van der Waals surface area contributed by atoms with E-state index in [1.165, 1.54) is 16.9 Å². The fourth-order valence-electron chi connectivity index (χ4n) is 1.84. The highest BCUT2D eigenvalue weighted by Gasteiger charge is 2.19. The highest BCUT2D eigenvalue weighted by molar-refractivity contribution is 5.87. The molecular weight excluding hydrogens is 268 g/mol. The molecule has 0 aliphatic heterocycles. The fourth-order valence-corrected chi connectivity index (χ4v) is 1.84. The average molecular weight is 281 g/mol. The van der Waals surface area contributed by atoms with E-state index in [2.05, 4.69) is 5.10 Å². The standard InChI is InChI=1S/C13H13F2N3O2/c1-7(16)10-6-18(17-12(10)13(19)20)5-8-2-3-9(14)4-11(8)15/h2-4,6-7H,5,16H2,1H3,(H,19,20). The molecule has 20 heavy (non-hydrogen) atoms. The van der Waals surface area contributed by atoms with Gasteiger partial charge in [-0.05, 0) is 13.0 Å². The van der Waals surface area contributed by atoms with E-state index in [4.69, 9.17) is 10.8 Å². The van der Waals surface area contributed by atoms with Gasteiger partial charge in [-0.1, -0.05) is 6.07 Å². The highest BCUT2D eigenvalue weighted by Crippen LogP contribution is 2.17. The Labute approximate surface area is 113 Å². The predicted octanol–water partition coefficient (Wildman–Crippen LogP) is 1.93. The topological polar surface area (TPSA) is 81.1 Å². The van der Waals surface area contributed by atoms with Crippen molar-refractivity contribution in [3.63, 3.8) is 0 Å². The Balaban J connectivity index is 2.34. The zero-order valence-electron chi connectivity index (χ0n) is 10.7. The van der Waals surface area contributed by atoms with Crippen molar-refractivity contribution in [1.82, 2.24) is 9.78 Å². The van der Waals surface area contributed by atoms with Gasteiger partial charge in [0, 0.05) is 29.4 Å². The van der Waals surface area contributed by atoms with Crippen LogP contribution in [0.4, 0.5) is 8.78 Å². The van der Waals surface area contributed by atoms with Crippen LogP contribution < -0.4 is 5.73 Å². The summed E-state index contributed by atoms with van der Waals surface area (Å²) in [6, 6.07) is 2.68. The van der Waals surface area contributed by atoms with Crippen LogP contribution in [0.5, 0.6) is 0 Å². The summed E-state index contributed by atoms with van der Waals surface area (Å²) in [6.45, 7) is 1.63. The first-order chi connectivity index (χ1) is 9.38. The van der Waals surface area contributed by atoms with Gasteiger partial charge in [0.25, 0.3) is 0 Å². The molecule has 0 aliphatic rings. The predicted molar refractivity (Wildman–Crippen MR) is 67.2 cm³/mol. The molecule has 0 saturated heterocycles. The van der Waals surface area contributed by atoms with Gasteiger partial charge in [0.15, 0.2) is 5.69 Å². The van der Waals surface area contributed by atoms with E-state index in [0.29, 0.717) is 5.56 Å². The molecule has 1 heterocycles. The van der Waals surface area contributed by atoms with Crippen LogP contribution in [0.1, 0.15) is 34.6 Å². The smallest absolute Gasteiger partial charge is 0.356 e. The second-order valence-corrected chi connectivity index (χ2v) is 4.46. The molecule has 1 atom stereocenters. The van der Waals surface area contributed by atoms with Gasteiger partial charge in [-0.3, -0.25) is 4.68 Å². The Bertz CT molecular complexity index is 653. The maximum atomic E-state index is 13.5. The average Bonchev–Trinajstić information content (AvgIpc) is 2.77. The summed E-state index contributed by atoms with van der Waals surface area (Å²) in [7, 11) is 0. The van der Waals surface area contributed by atoms with Gasteiger partial charge < -0.3 is 10.8 Å². The third-order valence-corrected chi connectivity index (χ3v) is 2.83.